The molecule has 1 saturated heterocycles. The van der Waals surface area contributed by atoms with Gasteiger partial charge in [-0.15, -0.1) is 0 Å². The Hall–Kier alpha value is -2.78. The maximum absolute atomic E-state index is 13.5. The molecular weight excluding hydrogens is 365 g/mol. The van der Waals surface area contributed by atoms with Gasteiger partial charge in [0.25, 0.3) is 0 Å². The molecular formula is C17H21F3N4O3. The van der Waals surface area contributed by atoms with Crippen molar-refractivity contribution in [1.82, 2.24) is 15.5 Å². The lowest BCUT2D eigenvalue weighted by Gasteiger charge is -2.26. The van der Waals surface area contributed by atoms with E-state index in [0.29, 0.717) is 6.07 Å². The molecule has 0 bridgehead atoms. The summed E-state index contributed by atoms with van der Waals surface area (Å²) in [5, 5.41) is 6.69. The molecule has 0 unspecified atom stereocenters. The smallest absolute Gasteiger partial charge is 0.315 e. The number of nitrogens with zero attached hydrogens (tertiary/aromatic N) is 1. The molecule has 0 saturated carbocycles. The zero-order chi connectivity index (χ0) is 19.8. The van der Waals surface area contributed by atoms with E-state index in [9.17, 15) is 27.6 Å². The molecule has 1 aliphatic heterocycles. The van der Waals surface area contributed by atoms with Crippen LogP contribution in [-0.2, 0) is 9.59 Å². The van der Waals surface area contributed by atoms with Crippen molar-refractivity contribution in [3.8, 4) is 0 Å². The molecule has 1 aliphatic rings. The highest BCUT2D eigenvalue weighted by molar-refractivity contribution is 5.94. The monoisotopic (exact) mass is 386 g/mol. The van der Waals surface area contributed by atoms with Crippen LogP contribution < -0.4 is 16.0 Å². The number of hydrogen-bond acceptors (Lipinski definition) is 3. The Balaban J connectivity index is 1.67. The minimum absolute atomic E-state index is 0.0402. The molecule has 0 atom stereocenters. The van der Waals surface area contributed by atoms with Gasteiger partial charge in [-0.1, -0.05) is 0 Å². The predicted octanol–water partition coefficient (Wildman–Crippen LogP) is 1.74. The number of amides is 4. The van der Waals surface area contributed by atoms with E-state index >= 15 is 0 Å². The minimum atomic E-state index is -1.70. The normalized spacial score (nSPS) is 13.8. The number of piperidine rings is 1. The molecule has 148 valence electrons. The summed E-state index contributed by atoms with van der Waals surface area (Å²) in [6, 6.07) is 0.869. The van der Waals surface area contributed by atoms with E-state index in [4.69, 9.17) is 0 Å². The van der Waals surface area contributed by atoms with E-state index in [1.54, 1.807) is 4.90 Å². The molecule has 0 aromatic heterocycles. The Labute approximate surface area is 154 Å². The van der Waals surface area contributed by atoms with Crippen molar-refractivity contribution in [1.29, 1.82) is 0 Å². The number of carbonyl (C=O) groups is 3. The maximum atomic E-state index is 13.5. The maximum Gasteiger partial charge on any atom is 0.315 e. The van der Waals surface area contributed by atoms with Crippen LogP contribution in [0.25, 0.3) is 0 Å². The average molecular weight is 386 g/mol. The van der Waals surface area contributed by atoms with Crippen LogP contribution in [0.15, 0.2) is 12.1 Å². The van der Waals surface area contributed by atoms with Crippen LogP contribution in [0.4, 0.5) is 23.7 Å². The lowest BCUT2D eigenvalue weighted by molar-refractivity contribution is -0.131. The van der Waals surface area contributed by atoms with E-state index in [-0.39, 0.29) is 18.9 Å². The molecule has 4 amide bonds. The zero-order valence-corrected chi connectivity index (χ0v) is 14.6. The molecule has 2 rings (SSSR count). The molecule has 0 radical (unpaired) electrons. The molecule has 3 N–H and O–H groups in total. The van der Waals surface area contributed by atoms with Crippen LogP contribution in [0.3, 0.4) is 0 Å². The molecule has 1 aromatic rings. The topological polar surface area (TPSA) is 90.5 Å². The highest BCUT2D eigenvalue weighted by Crippen LogP contribution is 2.19. The summed E-state index contributed by atoms with van der Waals surface area (Å²) in [4.78, 5) is 37.0. The van der Waals surface area contributed by atoms with Crippen molar-refractivity contribution < 1.29 is 27.6 Å². The Morgan fingerprint density at radius 3 is 2.37 bits per heavy atom. The minimum Gasteiger partial charge on any atom is -0.343 e. The van der Waals surface area contributed by atoms with Crippen molar-refractivity contribution in [3.63, 3.8) is 0 Å². The van der Waals surface area contributed by atoms with Gasteiger partial charge in [-0.3, -0.25) is 9.59 Å². The summed E-state index contributed by atoms with van der Waals surface area (Å²) >= 11 is 0. The van der Waals surface area contributed by atoms with Crippen molar-refractivity contribution in [3.05, 3.63) is 29.6 Å². The molecule has 7 nitrogen and oxygen atoms in total. The van der Waals surface area contributed by atoms with Gasteiger partial charge in [-0.05, 0) is 31.4 Å². The number of hydrogen-bond donors (Lipinski definition) is 3. The van der Waals surface area contributed by atoms with Gasteiger partial charge in [-0.25, -0.2) is 18.0 Å². The van der Waals surface area contributed by atoms with Crippen LogP contribution in [0, 0.1) is 17.5 Å². The number of halogens is 3. The fourth-order valence-electron chi connectivity index (χ4n) is 2.62. The Morgan fingerprint density at radius 1 is 0.963 bits per heavy atom. The lowest BCUT2D eigenvalue weighted by atomic mass is 10.1. The number of nitrogens with one attached hydrogen (secondary N) is 3. The number of anilines is 1. The van der Waals surface area contributed by atoms with Crippen LogP contribution in [-0.4, -0.2) is 48.9 Å². The van der Waals surface area contributed by atoms with Gasteiger partial charge in [0.2, 0.25) is 11.8 Å². The van der Waals surface area contributed by atoms with Crippen LogP contribution in [0.5, 0.6) is 0 Å². The van der Waals surface area contributed by atoms with Crippen LogP contribution >= 0.6 is 0 Å². The fourth-order valence-corrected chi connectivity index (χ4v) is 2.62. The largest absolute Gasteiger partial charge is 0.343 e. The Bertz CT molecular complexity index is 709. The summed E-state index contributed by atoms with van der Waals surface area (Å²) < 4.78 is 39.4. The first-order valence-corrected chi connectivity index (χ1v) is 8.61. The third kappa shape index (κ3) is 6.15. The first-order chi connectivity index (χ1) is 12.9. The van der Waals surface area contributed by atoms with Gasteiger partial charge >= 0.3 is 6.03 Å². The summed E-state index contributed by atoms with van der Waals surface area (Å²) in [6.07, 6.45) is 3.22. The summed E-state index contributed by atoms with van der Waals surface area (Å²) in [5.41, 5.74) is -0.534. The van der Waals surface area contributed by atoms with E-state index < -0.39 is 41.6 Å². The molecule has 1 heterocycles. The van der Waals surface area contributed by atoms with E-state index in [1.807, 2.05) is 5.32 Å². The molecule has 10 heteroatoms. The first-order valence-electron chi connectivity index (χ1n) is 8.61. The van der Waals surface area contributed by atoms with Crippen molar-refractivity contribution >= 4 is 23.5 Å². The SMILES string of the molecule is O=C(CNC(=O)NCCC(=O)N1CCCCC1)Nc1ccc(F)c(F)c1F. The second kappa shape index (κ2) is 9.79. The van der Waals surface area contributed by atoms with Crippen molar-refractivity contribution in [2.24, 2.45) is 0 Å². The molecule has 27 heavy (non-hydrogen) atoms. The average Bonchev–Trinajstić information content (AvgIpc) is 2.67. The lowest BCUT2D eigenvalue weighted by Crippen LogP contribution is -2.42. The number of urea groups is 1. The van der Waals surface area contributed by atoms with Gasteiger partial charge in [-0.2, -0.15) is 0 Å². The summed E-state index contributed by atoms with van der Waals surface area (Å²) in [5.74, 6) is -5.45. The summed E-state index contributed by atoms with van der Waals surface area (Å²) in [7, 11) is 0. The molecule has 0 aliphatic carbocycles. The van der Waals surface area contributed by atoms with Crippen molar-refractivity contribution in [2.75, 3.05) is 31.5 Å². The standard InChI is InChI=1S/C17H21F3N4O3/c18-11-4-5-12(16(20)15(11)19)23-13(25)10-22-17(27)21-7-6-14(26)24-8-2-1-3-9-24/h4-5H,1-3,6-10H2,(H,23,25)(H2,21,22,27). The first kappa shape index (κ1) is 20.5. The predicted molar refractivity (Wildman–Crippen MR) is 91.4 cm³/mol. The van der Waals surface area contributed by atoms with E-state index in [2.05, 4.69) is 10.6 Å². The van der Waals surface area contributed by atoms with Crippen LogP contribution in [0.1, 0.15) is 25.7 Å². The third-order valence-electron chi connectivity index (χ3n) is 4.05. The van der Waals surface area contributed by atoms with Gasteiger partial charge in [0, 0.05) is 26.1 Å². The van der Waals surface area contributed by atoms with Gasteiger partial charge in [0.05, 0.1) is 12.2 Å². The van der Waals surface area contributed by atoms with Gasteiger partial charge < -0.3 is 20.9 Å². The zero-order valence-electron chi connectivity index (χ0n) is 14.6. The molecule has 1 aromatic carbocycles. The number of carbonyl (C=O) groups excluding carboxylic acids is 3. The second-order valence-electron chi connectivity index (χ2n) is 6.07. The van der Waals surface area contributed by atoms with Crippen LogP contribution in [0.2, 0.25) is 0 Å². The molecule has 1 fully saturated rings. The molecule has 0 spiro atoms. The fraction of sp³-hybridized carbons (Fsp3) is 0.471. The van der Waals surface area contributed by atoms with Gasteiger partial charge in [0.1, 0.15) is 0 Å². The quantitative estimate of drug-likeness (QED) is 0.651. The van der Waals surface area contributed by atoms with E-state index in [0.717, 1.165) is 38.4 Å². The number of rotatable bonds is 6. The van der Waals surface area contributed by atoms with E-state index in [1.165, 1.54) is 0 Å². The number of likely N-dealkylation sites (tertiary alicyclic amines) is 1. The Morgan fingerprint density at radius 2 is 1.67 bits per heavy atom. The second-order valence-corrected chi connectivity index (χ2v) is 6.07. The highest BCUT2D eigenvalue weighted by atomic mass is 19.2. The summed E-state index contributed by atoms with van der Waals surface area (Å²) in [6.45, 7) is 1.06. The van der Waals surface area contributed by atoms with Gasteiger partial charge in [0.15, 0.2) is 17.5 Å². The van der Waals surface area contributed by atoms with Crippen molar-refractivity contribution in [2.45, 2.75) is 25.7 Å². The highest BCUT2D eigenvalue weighted by Gasteiger charge is 2.17. The Kier molecular flexibility index (Phi) is 7.44. The third-order valence-corrected chi connectivity index (χ3v) is 4.05. The number of benzene rings is 1.